The summed E-state index contributed by atoms with van der Waals surface area (Å²) in [5.74, 6) is 0. The lowest BCUT2D eigenvalue weighted by Crippen LogP contribution is -2.46. The Morgan fingerprint density at radius 3 is 2.35 bits per heavy atom. The van der Waals surface area contributed by atoms with Gasteiger partial charge in [-0.05, 0) is 31.5 Å². The van der Waals surface area contributed by atoms with E-state index in [0.717, 1.165) is 29.7 Å². The second kappa shape index (κ2) is 6.16. The maximum atomic E-state index is 11.8. The number of aliphatic hydroxyl groups is 1. The summed E-state index contributed by atoms with van der Waals surface area (Å²) >= 11 is 0. The van der Waals surface area contributed by atoms with E-state index in [1.54, 1.807) is 6.92 Å². The molecule has 1 aliphatic heterocycles. The second-order valence-electron chi connectivity index (χ2n) is 7.85. The van der Waals surface area contributed by atoms with Gasteiger partial charge in [0.15, 0.2) is 20.6 Å². The fourth-order valence-corrected chi connectivity index (χ4v) is 3.19. The van der Waals surface area contributed by atoms with Crippen LogP contribution in [-0.4, -0.2) is 42.6 Å². The van der Waals surface area contributed by atoms with Crippen molar-refractivity contribution in [2.75, 3.05) is 13.2 Å². The van der Waals surface area contributed by atoms with Crippen molar-refractivity contribution < 1.29 is 14.3 Å². The minimum absolute atomic E-state index is 0.131. The molecule has 20 heavy (non-hydrogen) atoms. The predicted octanol–water partition coefficient (Wildman–Crippen LogP) is 3.28. The molecule has 4 nitrogen and oxygen atoms in total. The predicted molar refractivity (Wildman–Crippen MR) is 85.7 cm³/mol. The summed E-state index contributed by atoms with van der Waals surface area (Å²) in [5.41, 5.74) is -0.134. The maximum Gasteiger partial charge on any atom is 0.192 e. The number of hydrogen-bond donors (Lipinski definition) is 1. The molecule has 0 bridgehead atoms. The molecule has 1 aliphatic rings. The van der Waals surface area contributed by atoms with Crippen LogP contribution in [0.15, 0.2) is 0 Å². The smallest absolute Gasteiger partial charge is 0.192 e. The molecule has 0 aromatic carbocycles. The maximum absolute atomic E-state index is 11.8. The number of nitrogens with zero attached hydrogens (tertiary/aromatic N) is 1. The van der Waals surface area contributed by atoms with Crippen molar-refractivity contribution in [3.05, 3.63) is 5.21 Å². The quantitative estimate of drug-likeness (QED) is 0.481. The van der Waals surface area contributed by atoms with Gasteiger partial charge in [0.2, 0.25) is 0 Å². The average Bonchev–Trinajstić information content (AvgIpc) is 2.28. The van der Waals surface area contributed by atoms with Crippen LogP contribution in [0.4, 0.5) is 0 Å². The molecule has 0 fully saturated rings. The highest BCUT2D eigenvalue weighted by Crippen LogP contribution is 2.37. The van der Waals surface area contributed by atoms with E-state index in [9.17, 15) is 10.3 Å². The third kappa shape index (κ3) is 4.86. The standard InChI is InChI=1S/C15H31NO3Si/c1-14(2,3)20(5,6)19-12-15(4,17)11-13-9-7-8-10-16(13)18/h17H,7-12H2,1-6H3. The molecule has 0 aromatic heterocycles. The molecule has 0 radical (unpaired) electrons. The summed E-state index contributed by atoms with van der Waals surface area (Å²) in [5, 5.41) is 22.4. The Bertz CT molecular complexity index is 370. The summed E-state index contributed by atoms with van der Waals surface area (Å²) in [6.45, 7) is 13.5. The Kier molecular flexibility index (Phi) is 5.44. The van der Waals surface area contributed by atoms with Gasteiger partial charge in [0.25, 0.3) is 0 Å². The van der Waals surface area contributed by atoms with Crippen LogP contribution < -0.4 is 0 Å². The van der Waals surface area contributed by atoms with Gasteiger partial charge in [-0.15, -0.1) is 0 Å². The third-order valence-corrected chi connectivity index (χ3v) is 9.04. The van der Waals surface area contributed by atoms with Crippen molar-refractivity contribution in [2.45, 2.75) is 77.1 Å². The van der Waals surface area contributed by atoms with Crippen LogP contribution in [0.2, 0.25) is 18.1 Å². The van der Waals surface area contributed by atoms with E-state index in [1.165, 1.54) is 0 Å². The Balaban J connectivity index is 2.62. The zero-order valence-corrected chi connectivity index (χ0v) is 15.0. The molecule has 1 atom stereocenters. The summed E-state index contributed by atoms with van der Waals surface area (Å²) < 4.78 is 7.15. The van der Waals surface area contributed by atoms with E-state index in [0.29, 0.717) is 19.6 Å². The minimum Gasteiger partial charge on any atom is -0.624 e. The van der Waals surface area contributed by atoms with Crippen molar-refractivity contribution in [1.82, 2.24) is 0 Å². The zero-order chi connectivity index (χ0) is 15.6. The molecular weight excluding hydrogens is 270 g/mol. The molecule has 118 valence electrons. The van der Waals surface area contributed by atoms with Gasteiger partial charge < -0.3 is 14.7 Å². The fraction of sp³-hybridized carbons (Fsp3) is 0.933. The van der Waals surface area contributed by atoms with Gasteiger partial charge in [0, 0.05) is 12.8 Å². The first-order chi connectivity index (χ1) is 8.95. The van der Waals surface area contributed by atoms with Crippen molar-refractivity contribution in [3.8, 4) is 0 Å². The monoisotopic (exact) mass is 301 g/mol. The largest absolute Gasteiger partial charge is 0.624 e. The third-order valence-electron chi connectivity index (χ3n) is 4.56. The topological polar surface area (TPSA) is 55.5 Å². The molecule has 0 saturated heterocycles. The highest BCUT2D eigenvalue weighted by atomic mass is 28.4. The number of hydroxylamine groups is 1. The van der Waals surface area contributed by atoms with Crippen LogP contribution in [0.25, 0.3) is 0 Å². The van der Waals surface area contributed by atoms with Crippen LogP contribution in [-0.2, 0) is 4.43 Å². The first-order valence-electron chi connectivity index (χ1n) is 7.60. The second-order valence-corrected chi connectivity index (χ2v) is 12.7. The van der Waals surface area contributed by atoms with E-state index in [4.69, 9.17) is 4.43 Å². The van der Waals surface area contributed by atoms with E-state index in [2.05, 4.69) is 33.9 Å². The van der Waals surface area contributed by atoms with Gasteiger partial charge in [-0.25, -0.2) is 4.74 Å². The molecule has 0 aliphatic carbocycles. The van der Waals surface area contributed by atoms with Crippen LogP contribution in [0.5, 0.6) is 0 Å². The van der Waals surface area contributed by atoms with Crippen LogP contribution in [0.1, 0.15) is 53.4 Å². The van der Waals surface area contributed by atoms with E-state index >= 15 is 0 Å². The van der Waals surface area contributed by atoms with Gasteiger partial charge in [-0.3, -0.25) is 0 Å². The highest BCUT2D eigenvalue weighted by Gasteiger charge is 2.39. The normalized spacial score (nSPS) is 20.9. The first kappa shape index (κ1) is 17.7. The summed E-state index contributed by atoms with van der Waals surface area (Å²) in [6, 6.07) is 0. The van der Waals surface area contributed by atoms with Crippen LogP contribution >= 0.6 is 0 Å². The zero-order valence-electron chi connectivity index (χ0n) is 14.0. The highest BCUT2D eigenvalue weighted by molar-refractivity contribution is 6.74. The van der Waals surface area contributed by atoms with Gasteiger partial charge in [-0.1, -0.05) is 20.8 Å². The molecular formula is C15H31NO3Si. The molecule has 0 amide bonds. The lowest BCUT2D eigenvalue weighted by molar-refractivity contribution is -0.465. The molecule has 1 heterocycles. The minimum atomic E-state index is -1.86. The number of rotatable bonds is 5. The molecule has 1 unspecified atom stereocenters. The van der Waals surface area contributed by atoms with Crippen molar-refractivity contribution >= 4 is 14.0 Å². The summed E-state index contributed by atoms with van der Waals surface area (Å²) in [6.07, 6.45) is 3.23. The van der Waals surface area contributed by atoms with Gasteiger partial charge in [0.1, 0.15) is 0 Å². The van der Waals surface area contributed by atoms with E-state index < -0.39 is 13.9 Å². The molecule has 0 spiro atoms. The van der Waals surface area contributed by atoms with Crippen molar-refractivity contribution in [2.24, 2.45) is 0 Å². The molecule has 1 N–H and O–H groups in total. The molecule has 5 heteroatoms. The van der Waals surface area contributed by atoms with E-state index in [1.807, 2.05) is 0 Å². The molecule has 0 aromatic rings. The molecule has 0 saturated carbocycles. The fourth-order valence-electron chi connectivity index (χ4n) is 2.09. The number of hydrogen-bond acceptors (Lipinski definition) is 3. The summed E-state index contributed by atoms with van der Waals surface area (Å²) in [4.78, 5) is 0. The van der Waals surface area contributed by atoms with Gasteiger partial charge in [-0.2, -0.15) is 0 Å². The van der Waals surface area contributed by atoms with Crippen LogP contribution in [0, 0.1) is 5.21 Å². The van der Waals surface area contributed by atoms with Crippen molar-refractivity contribution in [1.29, 1.82) is 0 Å². The van der Waals surface area contributed by atoms with E-state index in [-0.39, 0.29) is 5.04 Å². The van der Waals surface area contributed by atoms with Gasteiger partial charge >= 0.3 is 0 Å². The Morgan fingerprint density at radius 2 is 1.85 bits per heavy atom. The lowest BCUT2D eigenvalue weighted by atomic mass is 9.95. The lowest BCUT2D eigenvalue weighted by Gasteiger charge is -2.38. The first-order valence-corrected chi connectivity index (χ1v) is 10.5. The Labute approximate surface area is 124 Å². The molecule has 1 rings (SSSR count). The Morgan fingerprint density at radius 1 is 1.25 bits per heavy atom. The average molecular weight is 302 g/mol. The van der Waals surface area contributed by atoms with Crippen LogP contribution in [0.3, 0.4) is 0 Å². The summed E-state index contributed by atoms with van der Waals surface area (Å²) in [7, 11) is -1.86. The SMILES string of the molecule is CC(O)(CO[Si](C)(C)C(C)(C)C)CC1=[N+]([O-])CCCC1. The van der Waals surface area contributed by atoms with Gasteiger partial charge in [0.05, 0.1) is 18.6 Å². The Hall–Kier alpha value is -0.393. The van der Waals surface area contributed by atoms with Crippen molar-refractivity contribution in [3.63, 3.8) is 0 Å².